The van der Waals surface area contributed by atoms with Crippen LogP contribution in [-0.4, -0.2) is 22.8 Å². The van der Waals surface area contributed by atoms with E-state index in [1.54, 1.807) is 6.92 Å². The summed E-state index contributed by atoms with van der Waals surface area (Å²) in [5, 5.41) is 2.69. The molecular weight excluding hydrogens is 210 g/mol. The molecule has 1 unspecified atom stereocenters. The van der Waals surface area contributed by atoms with Crippen LogP contribution in [-0.2, 0) is 4.79 Å². The molecule has 7 nitrogen and oxygen atoms in total. The molecule has 0 bridgehead atoms. The van der Waals surface area contributed by atoms with Crippen molar-refractivity contribution in [2.75, 3.05) is 11.1 Å². The molecule has 1 heterocycles. The molecular formula is C9H13N5O2. The highest BCUT2D eigenvalue weighted by Crippen LogP contribution is 2.16. The Morgan fingerprint density at radius 3 is 2.50 bits per heavy atom. The Balaban J connectivity index is 2.98. The average Bonchev–Trinajstić information content (AvgIpc) is 2.20. The van der Waals surface area contributed by atoms with Gasteiger partial charge in [-0.2, -0.15) is 0 Å². The Morgan fingerprint density at radius 2 is 2.00 bits per heavy atom. The first-order valence-corrected chi connectivity index (χ1v) is 4.54. The zero-order valence-electron chi connectivity index (χ0n) is 8.73. The highest BCUT2D eigenvalue weighted by atomic mass is 16.1. The predicted molar refractivity (Wildman–Crippen MR) is 59.4 cm³/mol. The second-order valence-corrected chi connectivity index (χ2v) is 3.27. The Labute approximate surface area is 92.0 Å². The molecule has 1 aromatic heterocycles. The number of hydrogen-bond donors (Lipinski definition) is 4. The van der Waals surface area contributed by atoms with Gasteiger partial charge in [0.2, 0.25) is 5.91 Å². The Kier molecular flexibility index (Phi) is 3.29. The van der Waals surface area contributed by atoms with Gasteiger partial charge in [0.1, 0.15) is 11.7 Å². The van der Waals surface area contributed by atoms with Crippen LogP contribution in [0.5, 0.6) is 0 Å². The van der Waals surface area contributed by atoms with Crippen LogP contribution >= 0.6 is 0 Å². The fourth-order valence-corrected chi connectivity index (χ4v) is 0.999. The minimum Gasteiger partial charge on any atom is -0.396 e. The minimum absolute atomic E-state index is 0.0633. The number of carbonyl (C=O) groups is 2. The van der Waals surface area contributed by atoms with Gasteiger partial charge in [-0.3, -0.25) is 9.59 Å². The van der Waals surface area contributed by atoms with Crippen molar-refractivity contribution >= 4 is 23.3 Å². The van der Waals surface area contributed by atoms with E-state index in [4.69, 9.17) is 17.2 Å². The third kappa shape index (κ3) is 2.59. The average molecular weight is 223 g/mol. The van der Waals surface area contributed by atoms with Crippen LogP contribution in [0.2, 0.25) is 0 Å². The molecule has 16 heavy (non-hydrogen) atoms. The zero-order chi connectivity index (χ0) is 12.3. The summed E-state index contributed by atoms with van der Waals surface area (Å²) in [7, 11) is 0. The van der Waals surface area contributed by atoms with Crippen molar-refractivity contribution in [2.45, 2.75) is 13.0 Å². The molecule has 86 valence electrons. The first-order valence-electron chi connectivity index (χ1n) is 4.54. The van der Waals surface area contributed by atoms with E-state index in [1.165, 1.54) is 12.1 Å². The number of nitrogen functional groups attached to an aromatic ring is 1. The smallest absolute Gasteiger partial charge is 0.267 e. The normalized spacial score (nSPS) is 11.8. The first-order chi connectivity index (χ1) is 7.41. The van der Waals surface area contributed by atoms with Gasteiger partial charge in [-0.15, -0.1) is 0 Å². The van der Waals surface area contributed by atoms with Crippen molar-refractivity contribution in [3.63, 3.8) is 0 Å². The summed E-state index contributed by atoms with van der Waals surface area (Å²) in [4.78, 5) is 25.6. The van der Waals surface area contributed by atoms with E-state index in [-0.39, 0.29) is 11.5 Å². The number of primary amides is 2. The fourth-order valence-electron chi connectivity index (χ4n) is 0.999. The molecule has 0 saturated heterocycles. The Bertz CT molecular complexity index is 432. The van der Waals surface area contributed by atoms with Gasteiger partial charge in [0, 0.05) is 0 Å². The molecule has 1 aromatic rings. The molecule has 0 radical (unpaired) electrons. The fraction of sp³-hybridized carbons (Fsp3) is 0.222. The number of amides is 2. The molecule has 0 aliphatic rings. The van der Waals surface area contributed by atoms with Crippen LogP contribution in [0, 0.1) is 0 Å². The summed E-state index contributed by atoms with van der Waals surface area (Å²) in [5.74, 6) is -1.01. The number of nitrogens with one attached hydrogen (secondary N) is 1. The largest absolute Gasteiger partial charge is 0.396 e. The first kappa shape index (κ1) is 11.8. The van der Waals surface area contributed by atoms with Crippen LogP contribution in [0.3, 0.4) is 0 Å². The maximum Gasteiger partial charge on any atom is 0.267 e. The SMILES string of the molecule is CC(Nc1nc(C(N)=O)ccc1N)C(N)=O. The standard InChI is InChI=1S/C9H13N5O2/c1-4(7(11)15)13-9-5(10)2-3-6(14-9)8(12)16/h2-4H,10H2,1H3,(H2,11,15)(H2,12,16)(H,13,14). The number of aromatic nitrogens is 1. The number of pyridine rings is 1. The topological polar surface area (TPSA) is 137 Å². The summed E-state index contributed by atoms with van der Waals surface area (Å²) in [6.07, 6.45) is 0. The maximum atomic E-state index is 10.9. The number of nitrogens with two attached hydrogens (primary N) is 3. The van der Waals surface area contributed by atoms with Crippen molar-refractivity contribution in [1.82, 2.24) is 4.98 Å². The lowest BCUT2D eigenvalue weighted by atomic mass is 10.2. The van der Waals surface area contributed by atoms with E-state index >= 15 is 0 Å². The van der Waals surface area contributed by atoms with Crippen molar-refractivity contribution in [3.05, 3.63) is 17.8 Å². The van der Waals surface area contributed by atoms with E-state index in [1.807, 2.05) is 0 Å². The van der Waals surface area contributed by atoms with Gasteiger partial charge < -0.3 is 22.5 Å². The second kappa shape index (κ2) is 4.47. The number of rotatable bonds is 4. The molecule has 1 atom stereocenters. The highest BCUT2D eigenvalue weighted by Gasteiger charge is 2.12. The Morgan fingerprint density at radius 1 is 1.38 bits per heavy atom. The summed E-state index contributed by atoms with van der Waals surface area (Å²) in [5.41, 5.74) is 16.1. The zero-order valence-corrected chi connectivity index (χ0v) is 8.73. The van der Waals surface area contributed by atoms with Crippen LogP contribution in [0.15, 0.2) is 12.1 Å². The third-order valence-electron chi connectivity index (χ3n) is 1.96. The van der Waals surface area contributed by atoms with E-state index in [0.717, 1.165) is 0 Å². The summed E-state index contributed by atoms with van der Waals surface area (Å²) in [6, 6.07) is 2.24. The molecule has 7 N–H and O–H groups in total. The highest BCUT2D eigenvalue weighted by molar-refractivity contribution is 5.92. The van der Waals surface area contributed by atoms with Gasteiger partial charge in [0.15, 0.2) is 5.82 Å². The van der Waals surface area contributed by atoms with Crippen LogP contribution in [0.4, 0.5) is 11.5 Å². The molecule has 7 heteroatoms. The van der Waals surface area contributed by atoms with E-state index < -0.39 is 17.9 Å². The molecule has 0 aliphatic heterocycles. The van der Waals surface area contributed by atoms with Crippen LogP contribution in [0.25, 0.3) is 0 Å². The van der Waals surface area contributed by atoms with Gasteiger partial charge in [-0.05, 0) is 19.1 Å². The molecule has 0 fully saturated rings. The molecule has 0 spiro atoms. The maximum absolute atomic E-state index is 10.9. The van der Waals surface area contributed by atoms with E-state index in [9.17, 15) is 9.59 Å². The molecule has 1 rings (SSSR count). The quantitative estimate of drug-likeness (QED) is 0.521. The van der Waals surface area contributed by atoms with Crippen molar-refractivity contribution in [3.8, 4) is 0 Å². The third-order valence-corrected chi connectivity index (χ3v) is 1.96. The molecule has 2 amide bonds. The number of nitrogens with zero attached hydrogens (tertiary/aromatic N) is 1. The molecule has 0 saturated carbocycles. The number of anilines is 2. The summed E-state index contributed by atoms with van der Waals surface area (Å²) in [6.45, 7) is 1.56. The number of carbonyl (C=O) groups excluding carboxylic acids is 2. The van der Waals surface area contributed by atoms with E-state index in [2.05, 4.69) is 10.3 Å². The lowest BCUT2D eigenvalue weighted by Crippen LogP contribution is -2.33. The number of hydrogen-bond acceptors (Lipinski definition) is 5. The van der Waals surface area contributed by atoms with Crippen molar-refractivity contribution < 1.29 is 9.59 Å². The van der Waals surface area contributed by atoms with Crippen molar-refractivity contribution in [1.29, 1.82) is 0 Å². The lowest BCUT2D eigenvalue weighted by Gasteiger charge is -2.13. The monoisotopic (exact) mass is 223 g/mol. The van der Waals surface area contributed by atoms with Crippen LogP contribution in [0.1, 0.15) is 17.4 Å². The molecule has 0 aromatic carbocycles. The summed E-state index contributed by atoms with van der Waals surface area (Å²) >= 11 is 0. The predicted octanol–water partition coefficient (Wildman–Crippen LogP) is -0.952. The van der Waals surface area contributed by atoms with Gasteiger partial charge in [-0.25, -0.2) is 4.98 Å². The Hall–Kier alpha value is -2.31. The minimum atomic E-state index is -0.672. The van der Waals surface area contributed by atoms with Gasteiger partial charge >= 0.3 is 0 Å². The van der Waals surface area contributed by atoms with Gasteiger partial charge in [0.25, 0.3) is 5.91 Å². The second-order valence-electron chi connectivity index (χ2n) is 3.27. The lowest BCUT2D eigenvalue weighted by molar-refractivity contribution is -0.118. The van der Waals surface area contributed by atoms with E-state index in [0.29, 0.717) is 5.69 Å². The van der Waals surface area contributed by atoms with Crippen molar-refractivity contribution in [2.24, 2.45) is 11.5 Å². The van der Waals surface area contributed by atoms with Gasteiger partial charge in [0.05, 0.1) is 5.69 Å². The van der Waals surface area contributed by atoms with Gasteiger partial charge in [-0.1, -0.05) is 0 Å². The molecule has 0 aliphatic carbocycles. The van der Waals surface area contributed by atoms with Crippen LogP contribution < -0.4 is 22.5 Å². The summed E-state index contributed by atoms with van der Waals surface area (Å²) < 4.78 is 0.